The molecule has 154 valence electrons. The number of carbonyl (C=O) groups excluding carboxylic acids is 2. The Kier molecular flexibility index (Phi) is 5.67. The molecule has 3 heterocycles. The van der Waals surface area contributed by atoms with Crippen molar-refractivity contribution in [2.75, 3.05) is 45.8 Å². The van der Waals surface area contributed by atoms with Gasteiger partial charge < -0.3 is 9.80 Å². The number of hydrogen-bond acceptors (Lipinski definition) is 4. The van der Waals surface area contributed by atoms with Gasteiger partial charge in [-0.05, 0) is 57.0 Å². The van der Waals surface area contributed by atoms with E-state index in [-0.39, 0.29) is 11.8 Å². The number of hydrogen-bond donors (Lipinski definition) is 0. The Morgan fingerprint density at radius 1 is 0.897 bits per heavy atom. The highest BCUT2D eigenvalue weighted by atomic mass is 16.2. The Bertz CT molecular complexity index is 875. The van der Waals surface area contributed by atoms with E-state index in [9.17, 15) is 9.59 Å². The van der Waals surface area contributed by atoms with Crippen LogP contribution in [0.15, 0.2) is 30.3 Å². The van der Waals surface area contributed by atoms with Gasteiger partial charge >= 0.3 is 0 Å². The molecule has 0 bridgehead atoms. The first-order chi connectivity index (χ1) is 14.0. The predicted molar refractivity (Wildman–Crippen MR) is 111 cm³/mol. The molecule has 0 spiro atoms. The van der Waals surface area contributed by atoms with Crippen LogP contribution >= 0.6 is 0 Å². The van der Waals surface area contributed by atoms with Crippen molar-refractivity contribution in [2.45, 2.75) is 26.7 Å². The van der Waals surface area contributed by atoms with E-state index in [2.05, 4.69) is 10.00 Å². The van der Waals surface area contributed by atoms with E-state index in [1.807, 2.05) is 58.7 Å². The smallest absolute Gasteiger partial charge is 0.253 e. The van der Waals surface area contributed by atoms with Crippen LogP contribution in [0.3, 0.4) is 0 Å². The second-order valence-electron chi connectivity index (χ2n) is 8.04. The molecule has 0 N–H and O–H groups in total. The fraction of sp³-hybridized carbons (Fsp3) is 0.500. The summed E-state index contributed by atoms with van der Waals surface area (Å²) in [5, 5.41) is 4.49. The Balaban J connectivity index is 1.32. The molecule has 7 nitrogen and oxygen atoms in total. The maximum Gasteiger partial charge on any atom is 0.253 e. The van der Waals surface area contributed by atoms with Crippen LogP contribution in [0.4, 0.5) is 0 Å². The maximum absolute atomic E-state index is 12.9. The minimum absolute atomic E-state index is 0.0513. The lowest BCUT2D eigenvalue weighted by Crippen LogP contribution is -2.51. The van der Waals surface area contributed by atoms with Gasteiger partial charge in [0, 0.05) is 50.5 Å². The zero-order chi connectivity index (χ0) is 20.4. The molecular weight excluding hydrogens is 366 g/mol. The average Bonchev–Trinajstić information content (AvgIpc) is 3.38. The minimum atomic E-state index is 0.0513. The predicted octanol–water partition coefficient (Wildman–Crippen LogP) is 1.87. The van der Waals surface area contributed by atoms with Gasteiger partial charge in [-0.1, -0.05) is 0 Å². The van der Waals surface area contributed by atoms with E-state index >= 15 is 0 Å². The fourth-order valence-electron chi connectivity index (χ4n) is 4.18. The standard InChI is InChI=1S/C22H29N5O2/c1-17-15-18(2)27(23-17)20-7-5-19(6-8-20)22(29)26-13-11-24(12-14-26)16-21(28)25-9-3-4-10-25/h5-8,15H,3-4,9-14,16H2,1-2H3. The molecule has 1 aromatic carbocycles. The van der Waals surface area contributed by atoms with E-state index < -0.39 is 0 Å². The van der Waals surface area contributed by atoms with Crippen molar-refractivity contribution in [3.8, 4) is 5.69 Å². The Morgan fingerprint density at radius 3 is 2.14 bits per heavy atom. The summed E-state index contributed by atoms with van der Waals surface area (Å²) in [5.41, 5.74) is 3.69. The zero-order valence-corrected chi connectivity index (χ0v) is 17.3. The molecule has 2 saturated heterocycles. The van der Waals surface area contributed by atoms with Gasteiger partial charge in [-0.15, -0.1) is 0 Å². The Labute approximate surface area is 171 Å². The van der Waals surface area contributed by atoms with Gasteiger partial charge in [0.25, 0.3) is 5.91 Å². The number of aryl methyl sites for hydroxylation is 2. The first-order valence-electron chi connectivity index (χ1n) is 10.4. The van der Waals surface area contributed by atoms with Crippen LogP contribution in [-0.2, 0) is 4.79 Å². The number of rotatable bonds is 4. The van der Waals surface area contributed by atoms with Gasteiger partial charge in [-0.3, -0.25) is 14.5 Å². The molecule has 29 heavy (non-hydrogen) atoms. The summed E-state index contributed by atoms with van der Waals surface area (Å²) in [7, 11) is 0. The van der Waals surface area contributed by atoms with Crippen LogP contribution in [0.2, 0.25) is 0 Å². The second kappa shape index (κ2) is 8.37. The summed E-state index contributed by atoms with van der Waals surface area (Å²) in [6.07, 6.45) is 2.23. The normalized spacial score (nSPS) is 17.7. The number of nitrogens with zero attached hydrogens (tertiary/aromatic N) is 5. The van der Waals surface area contributed by atoms with Gasteiger partial charge in [0.1, 0.15) is 0 Å². The molecule has 0 saturated carbocycles. The Morgan fingerprint density at radius 2 is 1.55 bits per heavy atom. The third kappa shape index (κ3) is 4.34. The third-order valence-electron chi connectivity index (χ3n) is 5.85. The van der Waals surface area contributed by atoms with Gasteiger partial charge in [-0.25, -0.2) is 4.68 Å². The fourth-order valence-corrected chi connectivity index (χ4v) is 4.18. The second-order valence-corrected chi connectivity index (χ2v) is 8.04. The van der Waals surface area contributed by atoms with Gasteiger partial charge in [-0.2, -0.15) is 5.10 Å². The Hall–Kier alpha value is -2.67. The number of aromatic nitrogens is 2. The molecule has 2 fully saturated rings. The largest absolute Gasteiger partial charge is 0.342 e. The minimum Gasteiger partial charge on any atom is -0.342 e. The van der Waals surface area contributed by atoms with Crippen molar-refractivity contribution in [2.24, 2.45) is 0 Å². The molecule has 2 aliphatic rings. The van der Waals surface area contributed by atoms with Gasteiger partial charge in [0.15, 0.2) is 0 Å². The molecule has 2 aliphatic heterocycles. The molecule has 2 amide bonds. The van der Waals surface area contributed by atoms with Crippen LogP contribution in [-0.4, -0.2) is 82.1 Å². The highest BCUT2D eigenvalue weighted by Crippen LogP contribution is 2.15. The van der Waals surface area contributed by atoms with Crippen LogP contribution in [0.25, 0.3) is 5.69 Å². The third-order valence-corrected chi connectivity index (χ3v) is 5.85. The van der Waals surface area contributed by atoms with Gasteiger partial charge in [0.05, 0.1) is 17.9 Å². The first-order valence-corrected chi connectivity index (χ1v) is 10.4. The average molecular weight is 396 g/mol. The summed E-state index contributed by atoms with van der Waals surface area (Å²) in [5.74, 6) is 0.275. The van der Waals surface area contributed by atoms with E-state index in [1.165, 1.54) is 0 Å². The summed E-state index contributed by atoms with van der Waals surface area (Å²) >= 11 is 0. The topological polar surface area (TPSA) is 61.7 Å². The van der Waals surface area contributed by atoms with E-state index in [0.29, 0.717) is 25.2 Å². The summed E-state index contributed by atoms with van der Waals surface area (Å²) in [6, 6.07) is 9.66. The number of benzene rings is 1. The first kappa shape index (κ1) is 19.6. The molecule has 2 aromatic rings. The summed E-state index contributed by atoms with van der Waals surface area (Å²) in [6.45, 7) is 9.06. The van der Waals surface area contributed by atoms with E-state index in [4.69, 9.17) is 0 Å². The molecule has 0 atom stereocenters. The SMILES string of the molecule is Cc1cc(C)n(-c2ccc(C(=O)N3CCN(CC(=O)N4CCCC4)CC3)cc2)n1. The van der Waals surface area contributed by atoms with Gasteiger partial charge in [0.2, 0.25) is 5.91 Å². The van der Waals surface area contributed by atoms with Crippen LogP contribution in [0, 0.1) is 13.8 Å². The van der Waals surface area contributed by atoms with Crippen LogP contribution in [0.5, 0.6) is 0 Å². The monoisotopic (exact) mass is 395 g/mol. The van der Waals surface area contributed by atoms with Crippen molar-refractivity contribution in [1.82, 2.24) is 24.5 Å². The lowest BCUT2D eigenvalue weighted by molar-refractivity contribution is -0.131. The molecule has 0 aliphatic carbocycles. The number of piperazine rings is 1. The molecule has 0 unspecified atom stereocenters. The van der Waals surface area contributed by atoms with Crippen LogP contribution < -0.4 is 0 Å². The van der Waals surface area contributed by atoms with Crippen molar-refractivity contribution in [3.63, 3.8) is 0 Å². The highest BCUT2D eigenvalue weighted by molar-refractivity contribution is 5.94. The molecule has 1 aromatic heterocycles. The van der Waals surface area contributed by atoms with Crippen molar-refractivity contribution in [1.29, 1.82) is 0 Å². The number of carbonyl (C=O) groups is 2. The molecular formula is C22H29N5O2. The van der Waals surface area contributed by atoms with E-state index in [0.717, 1.165) is 56.1 Å². The highest BCUT2D eigenvalue weighted by Gasteiger charge is 2.25. The maximum atomic E-state index is 12.9. The van der Waals surface area contributed by atoms with Crippen LogP contribution in [0.1, 0.15) is 34.6 Å². The summed E-state index contributed by atoms with van der Waals surface area (Å²) in [4.78, 5) is 31.2. The van der Waals surface area contributed by atoms with E-state index in [1.54, 1.807) is 0 Å². The van der Waals surface area contributed by atoms with Crippen molar-refractivity contribution >= 4 is 11.8 Å². The lowest BCUT2D eigenvalue weighted by Gasteiger charge is -2.35. The summed E-state index contributed by atoms with van der Waals surface area (Å²) < 4.78 is 1.89. The quantitative estimate of drug-likeness (QED) is 0.793. The lowest BCUT2D eigenvalue weighted by atomic mass is 10.1. The number of likely N-dealkylation sites (tertiary alicyclic amines) is 1. The molecule has 4 rings (SSSR count). The zero-order valence-electron chi connectivity index (χ0n) is 17.3. The molecule has 7 heteroatoms. The van der Waals surface area contributed by atoms with Crippen molar-refractivity contribution < 1.29 is 9.59 Å². The molecule has 0 radical (unpaired) electrons. The van der Waals surface area contributed by atoms with Crippen molar-refractivity contribution in [3.05, 3.63) is 47.3 Å². The number of amides is 2.